The summed E-state index contributed by atoms with van der Waals surface area (Å²) in [5.41, 5.74) is 2.68. The standard InChI is InChI=1S/C11H15NO/c1-8-5-3-4-6-10(8)11-7-13-9(2)12-11/h3-6,9,11-12H,7H2,1-2H3. The predicted octanol–water partition coefficient (Wildman–Crippen LogP) is 2.00. The zero-order valence-corrected chi connectivity index (χ0v) is 8.08. The largest absolute Gasteiger partial charge is 0.362 e. The first-order valence-corrected chi connectivity index (χ1v) is 4.70. The van der Waals surface area contributed by atoms with Gasteiger partial charge in [0.1, 0.15) is 6.23 Å². The van der Waals surface area contributed by atoms with Crippen molar-refractivity contribution in [3.05, 3.63) is 35.4 Å². The minimum atomic E-state index is 0.185. The molecule has 2 nitrogen and oxygen atoms in total. The second kappa shape index (κ2) is 3.48. The van der Waals surface area contributed by atoms with Gasteiger partial charge in [0, 0.05) is 0 Å². The molecule has 1 fully saturated rings. The summed E-state index contributed by atoms with van der Waals surface area (Å²) in [5, 5.41) is 3.39. The Morgan fingerprint density at radius 2 is 2.15 bits per heavy atom. The first-order chi connectivity index (χ1) is 6.27. The number of rotatable bonds is 1. The van der Waals surface area contributed by atoms with Crippen molar-refractivity contribution in [2.24, 2.45) is 0 Å². The van der Waals surface area contributed by atoms with Crippen LogP contribution >= 0.6 is 0 Å². The molecule has 0 radical (unpaired) electrons. The monoisotopic (exact) mass is 177 g/mol. The Kier molecular flexibility index (Phi) is 2.34. The normalized spacial score (nSPS) is 27.8. The fourth-order valence-corrected chi connectivity index (χ4v) is 1.78. The molecule has 0 bridgehead atoms. The Bertz CT molecular complexity index is 298. The van der Waals surface area contributed by atoms with E-state index in [0.29, 0.717) is 6.04 Å². The van der Waals surface area contributed by atoms with Crippen LogP contribution in [0.3, 0.4) is 0 Å². The van der Waals surface area contributed by atoms with Crippen molar-refractivity contribution < 1.29 is 4.74 Å². The number of ether oxygens (including phenoxy) is 1. The van der Waals surface area contributed by atoms with Crippen molar-refractivity contribution in [2.45, 2.75) is 26.1 Å². The number of hydrogen-bond acceptors (Lipinski definition) is 2. The average molecular weight is 177 g/mol. The summed E-state index contributed by atoms with van der Waals surface area (Å²) >= 11 is 0. The van der Waals surface area contributed by atoms with Gasteiger partial charge in [-0.25, -0.2) is 0 Å². The maximum atomic E-state index is 5.46. The quantitative estimate of drug-likeness (QED) is 0.708. The summed E-state index contributed by atoms with van der Waals surface area (Å²) in [7, 11) is 0. The maximum Gasteiger partial charge on any atom is 0.105 e. The lowest BCUT2D eigenvalue weighted by Gasteiger charge is -2.12. The molecule has 2 rings (SSSR count). The van der Waals surface area contributed by atoms with Crippen LogP contribution in [0.25, 0.3) is 0 Å². The third-order valence-electron chi connectivity index (χ3n) is 2.51. The van der Waals surface area contributed by atoms with Crippen molar-refractivity contribution in [3.63, 3.8) is 0 Å². The average Bonchev–Trinajstić information content (AvgIpc) is 2.53. The molecule has 0 spiro atoms. The van der Waals surface area contributed by atoms with Crippen molar-refractivity contribution in [2.75, 3.05) is 6.61 Å². The molecular formula is C11H15NO. The summed E-state index contributed by atoms with van der Waals surface area (Å²) in [4.78, 5) is 0. The van der Waals surface area contributed by atoms with Crippen LogP contribution in [-0.4, -0.2) is 12.8 Å². The van der Waals surface area contributed by atoms with Gasteiger partial charge >= 0.3 is 0 Å². The highest BCUT2D eigenvalue weighted by Gasteiger charge is 2.22. The molecule has 1 aromatic carbocycles. The van der Waals surface area contributed by atoms with Gasteiger partial charge in [0.15, 0.2) is 0 Å². The van der Waals surface area contributed by atoms with Crippen molar-refractivity contribution in [1.29, 1.82) is 0 Å². The highest BCUT2D eigenvalue weighted by atomic mass is 16.5. The summed E-state index contributed by atoms with van der Waals surface area (Å²) in [6.45, 7) is 4.96. The van der Waals surface area contributed by atoms with E-state index in [-0.39, 0.29) is 6.23 Å². The molecule has 0 saturated carbocycles. The van der Waals surface area contributed by atoms with Crippen LogP contribution in [0, 0.1) is 6.92 Å². The van der Waals surface area contributed by atoms with E-state index in [1.807, 2.05) is 6.92 Å². The third-order valence-corrected chi connectivity index (χ3v) is 2.51. The highest BCUT2D eigenvalue weighted by molar-refractivity contribution is 5.29. The van der Waals surface area contributed by atoms with Crippen LogP contribution in [0.4, 0.5) is 0 Å². The molecule has 1 aliphatic rings. The van der Waals surface area contributed by atoms with Crippen molar-refractivity contribution >= 4 is 0 Å². The van der Waals surface area contributed by atoms with E-state index in [1.165, 1.54) is 11.1 Å². The van der Waals surface area contributed by atoms with Gasteiger partial charge in [0.25, 0.3) is 0 Å². The minimum Gasteiger partial charge on any atom is -0.362 e. The molecule has 0 aliphatic carbocycles. The SMILES string of the molecule is Cc1ccccc1C1COC(C)N1. The first-order valence-electron chi connectivity index (χ1n) is 4.70. The van der Waals surface area contributed by atoms with Crippen LogP contribution in [-0.2, 0) is 4.74 Å². The smallest absolute Gasteiger partial charge is 0.105 e. The zero-order chi connectivity index (χ0) is 9.26. The molecule has 2 unspecified atom stereocenters. The Morgan fingerprint density at radius 1 is 1.38 bits per heavy atom. The van der Waals surface area contributed by atoms with Gasteiger partial charge in [-0.15, -0.1) is 0 Å². The Hall–Kier alpha value is -0.860. The van der Waals surface area contributed by atoms with E-state index in [1.54, 1.807) is 0 Å². The lowest BCUT2D eigenvalue weighted by molar-refractivity contribution is 0.115. The van der Waals surface area contributed by atoms with Crippen LogP contribution in [0.1, 0.15) is 24.1 Å². The number of aryl methyl sites for hydroxylation is 1. The van der Waals surface area contributed by atoms with Crippen molar-refractivity contribution in [3.8, 4) is 0 Å². The van der Waals surface area contributed by atoms with E-state index in [4.69, 9.17) is 4.74 Å². The Labute approximate surface area is 78.9 Å². The van der Waals surface area contributed by atoms with Gasteiger partial charge in [0.2, 0.25) is 0 Å². The molecule has 0 amide bonds. The van der Waals surface area contributed by atoms with E-state index in [0.717, 1.165) is 6.61 Å². The van der Waals surface area contributed by atoms with Gasteiger partial charge in [-0.2, -0.15) is 0 Å². The molecule has 1 aliphatic heterocycles. The second-order valence-corrected chi connectivity index (χ2v) is 3.55. The van der Waals surface area contributed by atoms with Gasteiger partial charge in [0.05, 0.1) is 12.6 Å². The van der Waals surface area contributed by atoms with Gasteiger partial charge in [-0.3, -0.25) is 5.32 Å². The molecule has 1 N–H and O–H groups in total. The van der Waals surface area contributed by atoms with E-state index >= 15 is 0 Å². The first kappa shape index (κ1) is 8.73. The van der Waals surface area contributed by atoms with Crippen LogP contribution < -0.4 is 5.32 Å². The lowest BCUT2D eigenvalue weighted by Crippen LogP contribution is -2.22. The number of hydrogen-bond donors (Lipinski definition) is 1. The molecule has 1 heterocycles. The molecule has 13 heavy (non-hydrogen) atoms. The lowest BCUT2D eigenvalue weighted by atomic mass is 10.0. The molecule has 0 aromatic heterocycles. The second-order valence-electron chi connectivity index (χ2n) is 3.55. The molecule has 1 saturated heterocycles. The fourth-order valence-electron chi connectivity index (χ4n) is 1.78. The Balaban J connectivity index is 2.21. The Morgan fingerprint density at radius 3 is 2.77 bits per heavy atom. The molecule has 70 valence electrons. The van der Waals surface area contributed by atoms with Crippen LogP contribution in [0.5, 0.6) is 0 Å². The third kappa shape index (κ3) is 1.74. The molecule has 2 heteroatoms. The fraction of sp³-hybridized carbons (Fsp3) is 0.455. The number of nitrogens with one attached hydrogen (secondary N) is 1. The van der Waals surface area contributed by atoms with E-state index in [2.05, 4.69) is 36.5 Å². The topological polar surface area (TPSA) is 21.3 Å². The minimum absolute atomic E-state index is 0.185. The van der Waals surface area contributed by atoms with Gasteiger partial charge in [-0.1, -0.05) is 24.3 Å². The maximum absolute atomic E-state index is 5.46. The van der Waals surface area contributed by atoms with Crippen LogP contribution in [0.2, 0.25) is 0 Å². The summed E-state index contributed by atoms with van der Waals surface area (Å²) in [5.74, 6) is 0. The van der Waals surface area contributed by atoms with Gasteiger partial charge < -0.3 is 4.74 Å². The molecule has 1 aromatic rings. The van der Waals surface area contributed by atoms with Crippen molar-refractivity contribution in [1.82, 2.24) is 5.32 Å². The zero-order valence-electron chi connectivity index (χ0n) is 8.08. The highest BCUT2D eigenvalue weighted by Crippen LogP contribution is 2.22. The van der Waals surface area contributed by atoms with E-state index in [9.17, 15) is 0 Å². The summed E-state index contributed by atoms with van der Waals surface area (Å²) < 4.78 is 5.46. The summed E-state index contributed by atoms with van der Waals surface area (Å²) in [6.07, 6.45) is 0.185. The number of benzene rings is 1. The van der Waals surface area contributed by atoms with Gasteiger partial charge in [-0.05, 0) is 25.0 Å². The van der Waals surface area contributed by atoms with E-state index < -0.39 is 0 Å². The summed E-state index contributed by atoms with van der Waals surface area (Å²) in [6, 6.07) is 8.82. The predicted molar refractivity (Wildman–Crippen MR) is 52.5 cm³/mol. The van der Waals surface area contributed by atoms with Crippen LogP contribution in [0.15, 0.2) is 24.3 Å². The molecular weight excluding hydrogens is 162 g/mol. The molecule has 2 atom stereocenters.